The van der Waals surface area contributed by atoms with Crippen LogP contribution in [0.3, 0.4) is 0 Å². The van der Waals surface area contributed by atoms with E-state index >= 15 is 0 Å². The molecule has 0 N–H and O–H groups in total. The van der Waals surface area contributed by atoms with E-state index in [9.17, 15) is 9.59 Å². The number of aromatic nitrogens is 1. The Morgan fingerprint density at radius 2 is 1.31 bits per heavy atom. The number of nitrogens with zero attached hydrogens (tertiary/aromatic N) is 2. The van der Waals surface area contributed by atoms with Crippen molar-refractivity contribution in [3.8, 4) is 0 Å². The Morgan fingerprint density at radius 1 is 0.771 bits per heavy atom. The van der Waals surface area contributed by atoms with Crippen molar-refractivity contribution in [1.29, 1.82) is 0 Å². The second kappa shape index (κ2) is 8.29. The van der Waals surface area contributed by atoms with Crippen LogP contribution >= 0.6 is 0 Å². The molecule has 1 aliphatic rings. The molecule has 0 saturated heterocycles. The molecule has 5 aromatic rings. The van der Waals surface area contributed by atoms with Crippen LogP contribution in [0.4, 0.5) is 17.3 Å². The van der Waals surface area contributed by atoms with Crippen molar-refractivity contribution >= 4 is 46.0 Å². The van der Waals surface area contributed by atoms with E-state index in [1.807, 2.05) is 79.7 Å². The number of benzene rings is 3. The zero-order valence-electron chi connectivity index (χ0n) is 19.1. The molecule has 0 spiro atoms. The van der Waals surface area contributed by atoms with E-state index in [-0.39, 0.29) is 17.1 Å². The van der Waals surface area contributed by atoms with Gasteiger partial charge in [-0.25, -0.2) is 0 Å². The molecular weight excluding hydrogens is 436 g/mol. The fraction of sp³-hybridized carbons (Fsp3) is 0.0667. The summed E-state index contributed by atoms with van der Waals surface area (Å²) in [6.07, 6.45) is 1.69. The second-order valence-corrected chi connectivity index (χ2v) is 8.42. The van der Waals surface area contributed by atoms with Crippen LogP contribution in [-0.2, 0) is 6.54 Å². The zero-order valence-corrected chi connectivity index (χ0v) is 19.1. The van der Waals surface area contributed by atoms with E-state index < -0.39 is 0 Å². The van der Waals surface area contributed by atoms with Crippen molar-refractivity contribution in [2.24, 2.45) is 0 Å². The fourth-order valence-corrected chi connectivity index (χ4v) is 4.74. The van der Waals surface area contributed by atoms with E-state index in [4.69, 9.17) is 4.42 Å². The van der Waals surface area contributed by atoms with Crippen LogP contribution in [0.1, 0.15) is 33.3 Å². The normalized spacial score (nSPS) is 12.9. The standard InChI is InChI=1S/C30H22N2O3/c1-2-31-22(17-25-29(33)23-15-9-10-16-24(23)30(25)34)18-27-26(31)19-28(35-27)32(20-11-5-3-6-12-20)21-13-7-4-8-14-21/h3-19H,2H2,1H3. The lowest BCUT2D eigenvalue weighted by molar-refractivity contribution is 0.0990. The molecule has 5 heteroatoms. The molecule has 0 atom stereocenters. The van der Waals surface area contributed by atoms with E-state index in [1.165, 1.54) is 0 Å². The van der Waals surface area contributed by atoms with E-state index in [0.29, 0.717) is 29.1 Å². The predicted molar refractivity (Wildman–Crippen MR) is 138 cm³/mol. The van der Waals surface area contributed by atoms with Gasteiger partial charge in [0, 0.05) is 46.9 Å². The first-order chi connectivity index (χ1) is 17.2. The van der Waals surface area contributed by atoms with Crippen LogP contribution < -0.4 is 4.90 Å². The molecule has 170 valence electrons. The highest BCUT2D eigenvalue weighted by atomic mass is 16.4. The smallest absolute Gasteiger partial charge is 0.207 e. The molecule has 0 radical (unpaired) electrons. The monoisotopic (exact) mass is 458 g/mol. The molecule has 0 saturated carbocycles. The molecule has 0 unspecified atom stereocenters. The first kappa shape index (κ1) is 20.9. The number of allylic oxidation sites excluding steroid dienone is 1. The highest BCUT2D eigenvalue weighted by Gasteiger charge is 2.33. The van der Waals surface area contributed by atoms with Crippen LogP contribution in [-0.4, -0.2) is 16.1 Å². The Balaban J connectivity index is 1.45. The maximum Gasteiger partial charge on any atom is 0.207 e. The molecule has 3 aromatic carbocycles. The van der Waals surface area contributed by atoms with Crippen molar-refractivity contribution in [3.63, 3.8) is 0 Å². The summed E-state index contributed by atoms with van der Waals surface area (Å²) in [5.41, 5.74) is 5.46. The Labute approximate surface area is 202 Å². The summed E-state index contributed by atoms with van der Waals surface area (Å²) in [5, 5.41) is 0. The minimum Gasteiger partial charge on any atom is -0.438 e. The summed E-state index contributed by atoms with van der Waals surface area (Å²) in [6.45, 7) is 2.70. The number of ketones is 2. The number of furan rings is 1. The molecular formula is C30H22N2O3. The Bertz CT molecular complexity index is 1530. The van der Waals surface area contributed by atoms with Crippen molar-refractivity contribution in [1.82, 2.24) is 4.57 Å². The summed E-state index contributed by atoms with van der Waals surface area (Å²) >= 11 is 0. The van der Waals surface area contributed by atoms with Crippen molar-refractivity contribution < 1.29 is 14.0 Å². The number of hydrogen-bond donors (Lipinski definition) is 0. The van der Waals surface area contributed by atoms with Gasteiger partial charge >= 0.3 is 0 Å². The van der Waals surface area contributed by atoms with Crippen molar-refractivity contribution in [2.75, 3.05) is 4.90 Å². The third kappa shape index (κ3) is 3.40. The number of carbonyl (C=O) groups is 2. The SMILES string of the molecule is CCn1c(C=C2C(=O)c3ccccc3C2=O)cc2oc(N(c3ccccc3)c3ccccc3)cc21. The molecule has 0 amide bonds. The molecule has 35 heavy (non-hydrogen) atoms. The van der Waals surface area contributed by atoms with Crippen LogP contribution in [0.25, 0.3) is 17.2 Å². The number of fused-ring (bicyclic) bond motifs is 2. The van der Waals surface area contributed by atoms with Gasteiger partial charge in [-0.1, -0.05) is 60.7 Å². The van der Waals surface area contributed by atoms with Crippen molar-refractivity contribution in [2.45, 2.75) is 13.5 Å². The third-order valence-electron chi connectivity index (χ3n) is 6.37. The number of para-hydroxylation sites is 2. The molecule has 5 nitrogen and oxygen atoms in total. The molecule has 1 aliphatic carbocycles. The second-order valence-electron chi connectivity index (χ2n) is 8.42. The first-order valence-corrected chi connectivity index (χ1v) is 11.6. The number of carbonyl (C=O) groups excluding carboxylic acids is 2. The van der Waals surface area contributed by atoms with E-state index in [1.54, 1.807) is 30.3 Å². The lowest BCUT2D eigenvalue weighted by Crippen LogP contribution is -2.08. The Hall–Kier alpha value is -4.64. The number of Topliss-reactive ketones (excluding diaryl/α,β-unsaturated/α-hetero) is 2. The summed E-state index contributed by atoms with van der Waals surface area (Å²) in [6, 6.07) is 31.0. The number of aryl methyl sites for hydroxylation is 1. The van der Waals surface area contributed by atoms with Gasteiger partial charge < -0.3 is 8.98 Å². The Morgan fingerprint density at radius 3 is 1.86 bits per heavy atom. The summed E-state index contributed by atoms with van der Waals surface area (Å²) in [5.74, 6) is 0.228. The van der Waals surface area contributed by atoms with Gasteiger partial charge in [-0.3, -0.25) is 14.5 Å². The van der Waals surface area contributed by atoms with Gasteiger partial charge in [0.1, 0.15) is 0 Å². The lowest BCUT2D eigenvalue weighted by Gasteiger charge is -2.22. The highest BCUT2D eigenvalue weighted by Crippen LogP contribution is 2.39. The predicted octanol–water partition coefficient (Wildman–Crippen LogP) is 7.19. The van der Waals surface area contributed by atoms with Crippen LogP contribution in [0.15, 0.2) is 107 Å². The summed E-state index contributed by atoms with van der Waals surface area (Å²) in [4.78, 5) is 27.9. The largest absolute Gasteiger partial charge is 0.438 e. The van der Waals surface area contributed by atoms with Gasteiger partial charge in [-0.15, -0.1) is 0 Å². The third-order valence-corrected chi connectivity index (χ3v) is 6.37. The van der Waals surface area contributed by atoms with Gasteiger partial charge in [0.05, 0.1) is 11.1 Å². The summed E-state index contributed by atoms with van der Waals surface area (Å²) < 4.78 is 8.41. The average Bonchev–Trinajstić information content (AvgIpc) is 3.51. The molecule has 6 rings (SSSR count). The maximum atomic E-state index is 12.9. The first-order valence-electron chi connectivity index (χ1n) is 11.6. The molecule has 2 aromatic heterocycles. The Kier molecular flexibility index (Phi) is 4.96. The van der Waals surface area contributed by atoms with Crippen LogP contribution in [0.5, 0.6) is 0 Å². The molecule has 0 fully saturated rings. The minimum atomic E-state index is -0.230. The van der Waals surface area contributed by atoms with E-state index in [0.717, 1.165) is 22.6 Å². The average molecular weight is 459 g/mol. The van der Waals surface area contributed by atoms with Gasteiger partial charge in [-0.05, 0) is 37.3 Å². The lowest BCUT2D eigenvalue weighted by atomic mass is 10.1. The van der Waals surface area contributed by atoms with E-state index in [2.05, 4.69) is 9.47 Å². The topological polar surface area (TPSA) is 55.5 Å². The van der Waals surface area contributed by atoms with Gasteiger partial charge in [-0.2, -0.15) is 0 Å². The van der Waals surface area contributed by atoms with Crippen LogP contribution in [0, 0.1) is 0 Å². The maximum absolute atomic E-state index is 12.9. The molecule has 2 heterocycles. The van der Waals surface area contributed by atoms with Gasteiger partial charge in [0.2, 0.25) is 5.88 Å². The quantitative estimate of drug-likeness (QED) is 0.207. The molecule has 0 aliphatic heterocycles. The number of hydrogen-bond acceptors (Lipinski definition) is 4. The van der Waals surface area contributed by atoms with Gasteiger partial charge in [0.25, 0.3) is 0 Å². The highest BCUT2D eigenvalue weighted by molar-refractivity contribution is 6.41. The van der Waals surface area contributed by atoms with Crippen molar-refractivity contribution in [3.05, 3.63) is 119 Å². The minimum absolute atomic E-state index is 0.191. The number of anilines is 3. The zero-order chi connectivity index (χ0) is 23.9. The molecule has 0 bridgehead atoms. The summed E-state index contributed by atoms with van der Waals surface area (Å²) in [7, 11) is 0. The number of rotatable bonds is 5. The van der Waals surface area contributed by atoms with Gasteiger partial charge in [0.15, 0.2) is 17.1 Å². The van der Waals surface area contributed by atoms with Crippen LogP contribution in [0.2, 0.25) is 0 Å². The fourth-order valence-electron chi connectivity index (χ4n) is 4.74.